The number of sulfonamides is 1. The summed E-state index contributed by atoms with van der Waals surface area (Å²) in [6.45, 7) is 4.01. The van der Waals surface area contributed by atoms with Crippen molar-refractivity contribution in [2.24, 2.45) is 0 Å². The summed E-state index contributed by atoms with van der Waals surface area (Å²) in [5.74, 6) is 0.659. The number of hydrogen-bond acceptors (Lipinski definition) is 4. The molecule has 1 aromatic carbocycles. The molecular formula is C13H20N2O3S. The third-order valence-corrected chi connectivity index (χ3v) is 5.24. The molecule has 0 spiro atoms. The van der Waals surface area contributed by atoms with Gasteiger partial charge in [-0.15, -0.1) is 0 Å². The minimum atomic E-state index is -3.41. The van der Waals surface area contributed by atoms with Crippen LogP contribution in [0.3, 0.4) is 0 Å². The lowest BCUT2D eigenvalue weighted by molar-refractivity contribution is 0.242. The van der Waals surface area contributed by atoms with Gasteiger partial charge in [-0.25, -0.2) is 8.42 Å². The van der Waals surface area contributed by atoms with Crippen LogP contribution in [0.4, 0.5) is 0 Å². The van der Waals surface area contributed by atoms with Crippen molar-refractivity contribution in [1.82, 2.24) is 9.62 Å². The first-order chi connectivity index (χ1) is 9.09. The fraction of sp³-hybridized carbons (Fsp3) is 0.538. The molecule has 1 N–H and O–H groups in total. The lowest BCUT2D eigenvalue weighted by Gasteiger charge is -2.37. The number of nitrogens with one attached hydrogen (secondary N) is 1. The highest BCUT2D eigenvalue weighted by atomic mass is 32.2. The molecule has 0 aliphatic carbocycles. The van der Waals surface area contributed by atoms with Crippen molar-refractivity contribution in [3.63, 3.8) is 0 Å². The van der Waals surface area contributed by atoms with Crippen LogP contribution in [0.1, 0.15) is 13.3 Å². The second-order valence-electron chi connectivity index (χ2n) is 4.60. The molecule has 106 valence electrons. The minimum Gasteiger partial charge on any atom is -0.497 e. The lowest BCUT2D eigenvalue weighted by atomic mass is 10.2. The second kappa shape index (κ2) is 5.90. The van der Waals surface area contributed by atoms with Gasteiger partial charge >= 0.3 is 0 Å². The SMILES string of the molecule is CCCN(C1CNC1)S(=O)(=O)c1ccc(OC)cc1. The molecule has 0 radical (unpaired) electrons. The Kier molecular flexibility index (Phi) is 4.44. The van der Waals surface area contributed by atoms with E-state index in [9.17, 15) is 8.42 Å². The van der Waals surface area contributed by atoms with Gasteiger partial charge in [-0.2, -0.15) is 4.31 Å². The highest BCUT2D eigenvalue weighted by Crippen LogP contribution is 2.22. The van der Waals surface area contributed by atoms with Crippen molar-refractivity contribution in [2.75, 3.05) is 26.7 Å². The Morgan fingerprint density at radius 2 is 1.95 bits per heavy atom. The minimum absolute atomic E-state index is 0.0760. The molecule has 1 heterocycles. The molecule has 0 saturated carbocycles. The van der Waals surface area contributed by atoms with E-state index in [1.807, 2.05) is 6.92 Å². The molecule has 1 saturated heterocycles. The molecule has 0 unspecified atom stereocenters. The Labute approximate surface area is 114 Å². The molecule has 6 heteroatoms. The zero-order valence-corrected chi connectivity index (χ0v) is 12.1. The molecule has 1 aromatic rings. The number of rotatable bonds is 6. The predicted molar refractivity (Wildman–Crippen MR) is 73.8 cm³/mol. The van der Waals surface area contributed by atoms with Crippen molar-refractivity contribution >= 4 is 10.0 Å². The van der Waals surface area contributed by atoms with Crippen LogP contribution in [0.25, 0.3) is 0 Å². The van der Waals surface area contributed by atoms with Crippen molar-refractivity contribution in [2.45, 2.75) is 24.3 Å². The summed E-state index contributed by atoms with van der Waals surface area (Å²) < 4.78 is 31.9. The van der Waals surface area contributed by atoms with E-state index in [0.717, 1.165) is 19.5 Å². The Morgan fingerprint density at radius 1 is 1.32 bits per heavy atom. The maximum absolute atomic E-state index is 12.6. The van der Waals surface area contributed by atoms with Crippen LogP contribution in [-0.4, -0.2) is 45.5 Å². The maximum Gasteiger partial charge on any atom is 0.243 e. The van der Waals surface area contributed by atoms with Gasteiger partial charge in [-0.3, -0.25) is 0 Å². The van der Waals surface area contributed by atoms with E-state index >= 15 is 0 Å². The van der Waals surface area contributed by atoms with Gasteiger partial charge in [-0.1, -0.05) is 6.92 Å². The molecule has 5 nitrogen and oxygen atoms in total. The first kappa shape index (κ1) is 14.3. The zero-order chi connectivity index (χ0) is 13.9. The Bertz CT molecular complexity index is 509. The van der Waals surface area contributed by atoms with E-state index in [1.165, 1.54) is 0 Å². The van der Waals surface area contributed by atoms with Crippen LogP contribution >= 0.6 is 0 Å². The third kappa shape index (κ3) is 2.91. The van der Waals surface area contributed by atoms with Gasteiger partial charge in [0.1, 0.15) is 5.75 Å². The average Bonchev–Trinajstić information content (AvgIpc) is 2.36. The normalized spacial score (nSPS) is 16.4. The fourth-order valence-corrected chi connectivity index (χ4v) is 3.79. The predicted octanol–water partition coefficient (Wildman–Crippen LogP) is 1.07. The van der Waals surface area contributed by atoms with Gasteiger partial charge < -0.3 is 10.1 Å². The molecule has 2 rings (SSSR count). The third-order valence-electron chi connectivity index (χ3n) is 3.28. The summed E-state index contributed by atoms with van der Waals surface area (Å²) in [4.78, 5) is 0.327. The largest absolute Gasteiger partial charge is 0.497 e. The molecule has 1 fully saturated rings. The number of methoxy groups -OCH3 is 1. The summed E-state index contributed by atoms with van der Waals surface area (Å²) in [5.41, 5.74) is 0. The highest BCUT2D eigenvalue weighted by molar-refractivity contribution is 7.89. The van der Waals surface area contributed by atoms with Gasteiger partial charge in [0, 0.05) is 19.6 Å². The van der Waals surface area contributed by atoms with E-state index < -0.39 is 10.0 Å². The van der Waals surface area contributed by atoms with Gasteiger partial charge in [0.25, 0.3) is 0 Å². The van der Waals surface area contributed by atoms with Crippen molar-refractivity contribution in [3.05, 3.63) is 24.3 Å². The van der Waals surface area contributed by atoms with E-state index in [1.54, 1.807) is 35.7 Å². The first-order valence-electron chi connectivity index (χ1n) is 6.46. The lowest BCUT2D eigenvalue weighted by Crippen LogP contribution is -2.58. The summed E-state index contributed by atoms with van der Waals surface area (Å²) >= 11 is 0. The Balaban J connectivity index is 2.26. The topological polar surface area (TPSA) is 58.6 Å². The standard InChI is InChI=1S/C13H20N2O3S/c1-3-8-15(11-9-14-10-11)19(16,17)13-6-4-12(18-2)5-7-13/h4-7,11,14H,3,8-10H2,1-2H3. The summed E-state index contributed by atoms with van der Waals surface area (Å²) in [7, 11) is -1.85. The Hall–Kier alpha value is -1.11. The van der Waals surface area contributed by atoms with Crippen LogP contribution in [0, 0.1) is 0 Å². The monoisotopic (exact) mass is 284 g/mol. The molecule has 1 aliphatic rings. The van der Waals surface area contributed by atoms with Gasteiger partial charge in [-0.05, 0) is 30.7 Å². The van der Waals surface area contributed by atoms with Gasteiger partial charge in [0.2, 0.25) is 10.0 Å². The van der Waals surface area contributed by atoms with E-state index in [0.29, 0.717) is 17.2 Å². The van der Waals surface area contributed by atoms with Crippen LogP contribution in [0.15, 0.2) is 29.2 Å². The Morgan fingerprint density at radius 3 is 2.37 bits per heavy atom. The maximum atomic E-state index is 12.6. The van der Waals surface area contributed by atoms with Crippen LogP contribution < -0.4 is 10.1 Å². The number of hydrogen-bond donors (Lipinski definition) is 1. The summed E-state index contributed by atoms with van der Waals surface area (Å²) in [5, 5.41) is 3.12. The van der Waals surface area contributed by atoms with Crippen LogP contribution in [-0.2, 0) is 10.0 Å². The van der Waals surface area contributed by atoms with Crippen LogP contribution in [0.5, 0.6) is 5.75 Å². The highest BCUT2D eigenvalue weighted by Gasteiger charge is 2.34. The quantitative estimate of drug-likeness (QED) is 0.849. The van der Waals surface area contributed by atoms with E-state index in [-0.39, 0.29) is 6.04 Å². The molecule has 0 amide bonds. The van der Waals surface area contributed by atoms with Gasteiger partial charge in [0.05, 0.1) is 18.0 Å². The number of ether oxygens (including phenoxy) is 1. The van der Waals surface area contributed by atoms with Crippen molar-refractivity contribution in [3.8, 4) is 5.75 Å². The van der Waals surface area contributed by atoms with E-state index in [4.69, 9.17) is 4.74 Å². The molecule has 0 atom stereocenters. The number of benzene rings is 1. The molecule has 0 aromatic heterocycles. The average molecular weight is 284 g/mol. The summed E-state index contributed by atoms with van der Waals surface area (Å²) in [6.07, 6.45) is 0.811. The van der Waals surface area contributed by atoms with Crippen molar-refractivity contribution < 1.29 is 13.2 Å². The fourth-order valence-electron chi connectivity index (χ4n) is 2.08. The zero-order valence-electron chi connectivity index (χ0n) is 11.3. The van der Waals surface area contributed by atoms with Crippen molar-refractivity contribution in [1.29, 1.82) is 0 Å². The van der Waals surface area contributed by atoms with E-state index in [2.05, 4.69) is 5.32 Å². The van der Waals surface area contributed by atoms with Crippen LogP contribution in [0.2, 0.25) is 0 Å². The molecule has 0 bridgehead atoms. The summed E-state index contributed by atoms with van der Waals surface area (Å²) in [6, 6.07) is 6.63. The smallest absolute Gasteiger partial charge is 0.243 e. The molecular weight excluding hydrogens is 264 g/mol. The first-order valence-corrected chi connectivity index (χ1v) is 7.90. The molecule has 1 aliphatic heterocycles. The number of nitrogens with zero attached hydrogens (tertiary/aromatic N) is 1. The second-order valence-corrected chi connectivity index (χ2v) is 6.49. The molecule has 19 heavy (non-hydrogen) atoms. The van der Waals surface area contributed by atoms with Gasteiger partial charge in [0.15, 0.2) is 0 Å².